The first-order valence-electron chi connectivity index (χ1n) is 6.57. The molecule has 0 rings (SSSR count). The topological polar surface area (TPSA) is 36.4 Å². The molecule has 0 aliphatic heterocycles. The van der Waals surface area contributed by atoms with Crippen molar-refractivity contribution in [2.75, 3.05) is 13.6 Å². The molecule has 1 atom stereocenters. The molecule has 0 amide bonds. The van der Waals surface area contributed by atoms with Gasteiger partial charge in [0.1, 0.15) is 0 Å². The largest absolute Gasteiger partial charge is 0.356 e. The Hall–Kier alpha value is 0. The highest BCUT2D eigenvalue weighted by atomic mass is 127. The fraction of sp³-hybridized carbons (Fsp3) is 0.923. The van der Waals surface area contributed by atoms with Gasteiger partial charge in [-0.05, 0) is 32.1 Å². The Kier molecular flexibility index (Phi) is 14.2. The van der Waals surface area contributed by atoms with Crippen molar-refractivity contribution in [2.45, 2.75) is 59.4 Å². The normalized spacial score (nSPS) is 13.2. The maximum atomic E-state index is 4.22. The predicted octanol–water partition coefficient (Wildman–Crippen LogP) is 3.39. The summed E-state index contributed by atoms with van der Waals surface area (Å²) >= 11 is 0. The van der Waals surface area contributed by atoms with Gasteiger partial charge in [-0.2, -0.15) is 0 Å². The zero-order chi connectivity index (χ0) is 12.4. The molecular formula is C13H30IN3. The molecule has 0 aromatic rings. The second kappa shape index (κ2) is 12.5. The summed E-state index contributed by atoms with van der Waals surface area (Å²) in [5.74, 6) is 1.71. The molecule has 17 heavy (non-hydrogen) atoms. The van der Waals surface area contributed by atoms with Crippen molar-refractivity contribution in [2.24, 2.45) is 10.9 Å². The Morgan fingerprint density at radius 3 is 2.29 bits per heavy atom. The molecule has 4 heteroatoms. The molecular weight excluding hydrogens is 325 g/mol. The maximum absolute atomic E-state index is 4.22. The van der Waals surface area contributed by atoms with Gasteiger partial charge >= 0.3 is 0 Å². The van der Waals surface area contributed by atoms with Crippen molar-refractivity contribution in [3.05, 3.63) is 0 Å². The number of aliphatic imine (C=N–C) groups is 1. The van der Waals surface area contributed by atoms with E-state index in [-0.39, 0.29) is 24.0 Å². The first kappa shape index (κ1) is 19.3. The van der Waals surface area contributed by atoms with Crippen LogP contribution in [-0.2, 0) is 0 Å². The van der Waals surface area contributed by atoms with Gasteiger partial charge in [-0.3, -0.25) is 4.99 Å². The van der Waals surface area contributed by atoms with Gasteiger partial charge in [0.25, 0.3) is 0 Å². The van der Waals surface area contributed by atoms with E-state index in [1.54, 1.807) is 0 Å². The summed E-state index contributed by atoms with van der Waals surface area (Å²) in [5, 5.41) is 6.75. The molecule has 0 bridgehead atoms. The van der Waals surface area contributed by atoms with E-state index in [0.29, 0.717) is 6.04 Å². The third kappa shape index (κ3) is 12.2. The lowest BCUT2D eigenvalue weighted by molar-refractivity contribution is 0.489. The molecule has 0 aliphatic rings. The fourth-order valence-electron chi connectivity index (χ4n) is 1.47. The average Bonchev–Trinajstić information content (AvgIpc) is 2.25. The highest BCUT2D eigenvalue weighted by Gasteiger charge is 2.05. The van der Waals surface area contributed by atoms with E-state index in [0.717, 1.165) is 18.4 Å². The van der Waals surface area contributed by atoms with E-state index in [1.807, 2.05) is 7.05 Å². The summed E-state index contributed by atoms with van der Waals surface area (Å²) in [4.78, 5) is 4.22. The van der Waals surface area contributed by atoms with Crippen molar-refractivity contribution in [1.82, 2.24) is 10.6 Å². The highest BCUT2D eigenvalue weighted by molar-refractivity contribution is 14.0. The maximum Gasteiger partial charge on any atom is 0.191 e. The van der Waals surface area contributed by atoms with Crippen molar-refractivity contribution in [3.63, 3.8) is 0 Å². The van der Waals surface area contributed by atoms with Gasteiger partial charge in [0.05, 0.1) is 0 Å². The number of unbranched alkanes of at least 4 members (excludes halogenated alkanes) is 1. The van der Waals surface area contributed by atoms with Crippen molar-refractivity contribution < 1.29 is 0 Å². The summed E-state index contributed by atoms with van der Waals surface area (Å²) in [5.41, 5.74) is 0. The predicted molar refractivity (Wildman–Crippen MR) is 88.4 cm³/mol. The van der Waals surface area contributed by atoms with Crippen LogP contribution in [0.4, 0.5) is 0 Å². The Bertz CT molecular complexity index is 193. The first-order chi connectivity index (χ1) is 7.60. The van der Waals surface area contributed by atoms with Gasteiger partial charge in [0.15, 0.2) is 5.96 Å². The number of guanidine groups is 1. The third-order valence-corrected chi connectivity index (χ3v) is 2.61. The first-order valence-corrected chi connectivity index (χ1v) is 6.57. The van der Waals surface area contributed by atoms with Crippen LogP contribution in [0.2, 0.25) is 0 Å². The van der Waals surface area contributed by atoms with Gasteiger partial charge in [-0.15, -0.1) is 24.0 Å². The summed E-state index contributed by atoms with van der Waals surface area (Å²) in [6.07, 6.45) is 4.88. The summed E-state index contributed by atoms with van der Waals surface area (Å²) in [6, 6.07) is 0.496. The Morgan fingerprint density at radius 1 is 1.18 bits per heavy atom. The van der Waals surface area contributed by atoms with Crippen LogP contribution in [0.3, 0.4) is 0 Å². The van der Waals surface area contributed by atoms with Gasteiger partial charge in [0, 0.05) is 19.6 Å². The van der Waals surface area contributed by atoms with E-state index in [2.05, 4.69) is 43.3 Å². The van der Waals surface area contributed by atoms with E-state index in [1.165, 1.54) is 25.7 Å². The molecule has 0 aromatic carbocycles. The molecule has 0 saturated carbocycles. The number of nitrogens with one attached hydrogen (secondary N) is 2. The van der Waals surface area contributed by atoms with Gasteiger partial charge in [-0.25, -0.2) is 0 Å². The van der Waals surface area contributed by atoms with Crippen LogP contribution in [0.15, 0.2) is 4.99 Å². The quantitative estimate of drug-likeness (QED) is 0.318. The Labute approximate surface area is 124 Å². The molecule has 104 valence electrons. The van der Waals surface area contributed by atoms with E-state index >= 15 is 0 Å². The van der Waals surface area contributed by atoms with Crippen LogP contribution >= 0.6 is 24.0 Å². The summed E-state index contributed by atoms with van der Waals surface area (Å²) in [6.45, 7) is 9.95. The Balaban J connectivity index is 0. The van der Waals surface area contributed by atoms with Crippen molar-refractivity contribution >= 4 is 29.9 Å². The molecule has 0 fully saturated rings. The fourth-order valence-corrected chi connectivity index (χ4v) is 1.47. The molecule has 2 N–H and O–H groups in total. The lowest BCUT2D eigenvalue weighted by Crippen LogP contribution is -2.42. The number of hydrogen-bond acceptors (Lipinski definition) is 1. The number of nitrogens with zero attached hydrogens (tertiary/aromatic N) is 1. The second-order valence-electron chi connectivity index (χ2n) is 4.87. The van der Waals surface area contributed by atoms with Gasteiger partial charge in [-0.1, -0.05) is 27.2 Å². The molecule has 0 heterocycles. The van der Waals surface area contributed by atoms with Crippen LogP contribution in [0.1, 0.15) is 53.4 Å². The van der Waals surface area contributed by atoms with Crippen LogP contribution in [-0.4, -0.2) is 25.6 Å². The number of rotatable bonds is 7. The monoisotopic (exact) mass is 355 g/mol. The van der Waals surface area contributed by atoms with Crippen molar-refractivity contribution in [1.29, 1.82) is 0 Å². The minimum Gasteiger partial charge on any atom is -0.356 e. The summed E-state index contributed by atoms with van der Waals surface area (Å²) in [7, 11) is 1.83. The second-order valence-corrected chi connectivity index (χ2v) is 4.87. The van der Waals surface area contributed by atoms with E-state index in [4.69, 9.17) is 0 Å². The van der Waals surface area contributed by atoms with Crippen LogP contribution in [0, 0.1) is 5.92 Å². The van der Waals surface area contributed by atoms with Crippen LogP contribution in [0.25, 0.3) is 0 Å². The number of hydrogen-bond donors (Lipinski definition) is 2. The smallest absolute Gasteiger partial charge is 0.191 e. The molecule has 1 unspecified atom stereocenters. The SMILES string of the molecule is CCCCNC(=NC)NC(C)CCC(C)C.I. The molecule has 0 spiro atoms. The van der Waals surface area contributed by atoms with Crippen LogP contribution < -0.4 is 10.6 Å². The van der Waals surface area contributed by atoms with E-state index in [9.17, 15) is 0 Å². The molecule has 0 aliphatic carbocycles. The minimum absolute atomic E-state index is 0. The molecule has 0 aromatic heterocycles. The van der Waals surface area contributed by atoms with Gasteiger partial charge < -0.3 is 10.6 Å². The van der Waals surface area contributed by atoms with Gasteiger partial charge in [0.2, 0.25) is 0 Å². The van der Waals surface area contributed by atoms with Crippen LogP contribution in [0.5, 0.6) is 0 Å². The molecule has 0 radical (unpaired) electrons. The molecule has 0 saturated heterocycles. The lowest BCUT2D eigenvalue weighted by atomic mass is 10.0. The lowest BCUT2D eigenvalue weighted by Gasteiger charge is -2.18. The number of halogens is 1. The minimum atomic E-state index is 0. The zero-order valence-corrected chi connectivity index (χ0v) is 14.4. The highest BCUT2D eigenvalue weighted by Crippen LogP contribution is 2.06. The van der Waals surface area contributed by atoms with E-state index < -0.39 is 0 Å². The summed E-state index contributed by atoms with van der Waals surface area (Å²) < 4.78 is 0. The average molecular weight is 355 g/mol. The zero-order valence-electron chi connectivity index (χ0n) is 12.0. The molecule has 3 nitrogen and oxygen atoms in total. The third-order valence-electron chi connectivity index (χ3n) is 2.61. The Morgan fingerprint density at radius 2 is 1.82 bits per heavy atom. The van der Waals surface area contributed by atoms with Crippen molar-refractivity contribution in [3.8, 4) is 0 Å². The standard InChI is InChI=1S/C13H29N3.HI/c1-6-7-10-15-13(14-5)16-12(4)9-8-11(2)3;/h11-12H,6-10H2,1-5H3,(H2,14,15,16);1H.